The van der Waals surface area contributed by atoms with Crippen LogP contribution in [0, 0.1) is 13.8 Å². The lowest BCUT2D eigenvalue weighted by molar-refractivity contribution is 0.0367. The molecule has 2 N–H and O–H groups in total. The lowest BCUT2D eigenvalue weighted by Crippen LogP contribution is -2.46. The predicted molar refractivity (Wildman–Crippen MR) is 139 cm³/mol. The van der Waals surface area contributed by atoms with Gasteiger partial charge in [0, 0.05) is 37.8 Å². The van der Waals surface area contributed by atoms with E-state index >= 15 is 0 Å². The van der Waals surface area contributed by atoms with Crippen molar-refractivity contribution in [3.63, 3.8) is 0 Å². The third-order valence-corrected chi connectivity index (χ3v) is 7.59. The van der Waals surface area contributed by atoms with Crippen LogP contribution in [0.4, 0.5) is 0 Å². The zero-order valence-corrected chi connectivity index (χ0v) is 20.9. The van der Waals surface area contributed by atoms with Gasteiger partial charge in [0.1, 0.15) is 0 Å². The highest BCUT2D eigenvalue weighted by molar-refractivity contribution is 7.80. The van der Waals surface area contributed by atoms with E-state index in [4.69, 9.17) is 17.0 Å². The van der Waals surface area contributed by atoms with Crippen molar-refractivity contribution >= 4 is 28.2 Å². The number of rotatable bonds is 7. The van der Waals surface area contributed by atoms with Gasteiger partial charge < -0.3 is 19.9 Å². The van der Waals surface area contributed by atoms with Crippen LogP contribution in [0.3, 0.4) is 0 Å². The standard InChI is InChI=1S/C26H38N4O2S/c1-19-9-10-21-17-22(25(31)28-24(21)20(19)2)18-30(12-6-11-29-13-15-32-16-14-29)26(33)27-23-7-4-3-5-8-23/h9-10,17,23H,3-8,11-16,18H2,1-2H3,(H,27,33)(H,28,31). The van der Waals surface area contributed by atoms with Crippen LogP contribution >= 0.6 is 12.2 Å². The number of pyridine rings is 1. The SMILES string of the molecule is Cc1ccc2cc(CN(CCCN3CCOCC3)C(=S)NC3CCCCC3)c(=O)[nH]c2c1C. The van der Waals surface area contributed by atoms with E-state index in [1.165, 1.54) is 37.7 Å². The number of H-pyrrole nitrogens is 1. The zero-order valence-electron chi connectivity index (χ0n) is 20.1. The van der Waals surface area contributed by atoms with E-state index in [2.05, 4.69) is 46.1 Å². The van der Waals surface area contributed by atoms with Gasteiger partial charge in [-0.25, -0.2) is 0 Å². The Kier molecular flexibility index (Phi) is 8.39. The van der Waals surface area contributed by atoms with Gasteiger partial charge in [0.05, 0.1) is 25.3 Å². The van der Waals surface area contributed by atoms with Gasteiger partial charge in [0.2, 0.25) is 0 Å². The highest BCUT2D eigenvalue weighted by Crippen LogP contribution is 2.20. The van der Waals surface area contributed by atoms with Gasteiger partial charge >= 0.3 is 0 Å². The molecule has 6 nitrogen and oxygen atoms in total. The summed E-state index contributed by atoms with van der Waals surface area (Å²) in [6, 6.07) is 6.71. The van der Waals surface area contributed by atoms with Gasteiger partial charge in [0.25, 0.3) is 5.56 Å². The molecule has 1 aliphatic carbocycles. The van der Waals surface area contributed by atoms with Crippen molar-refractivity contribution < 1.29 is 4.74 Å². The first-order valence-electron chi connectivity index (χ1n) is 12.5. The first-order chi connectivity index (χ1) is 16.0. The van der Waals surface area contributed by atoms with Crippen LogP contribution in [-0.2, 0) is 11.3 Å². The Morgan fingerprint density at radius 1 is 1.21 bits per heavy atom. The summed E-state index contributed by atoms with van der Waals surface area (Å²) in [6.45, 7) is 10.1. The number of thiocarbonyl (C=S) groups is 1. The fourth-order valence-electron chi connectivity index (χ4n) is 4.97. The van der Waals surface area contributed by atoms with Crippen molar-refractivity contribution in [3.05, 3.63) is 45.2 Å². The van der Waals surface area contributed by atoms with E-state index in [1.807, 2.05) is 6.07 Å². The molecule has 1 aliphatic heterocycles. The molecule has 2 heterocycles. The Morgan fingerprint density at radius 3 is 2.73 bits per heavy atom. The van der Waals surface area contributed by atoms with Crippen molar-refractivity contribution in [2.45, 2.75) is 65.0 Å². The molecule has 1 saturated carbocycles. The molecular formula is C26H38N4O2S. The molecule has 33 heavy (non-hydrogen) atoms. The number of morpholine rings is 1. The first-order valence-corrected chi connectivity index (χ1v) is 12.9. The number of nitrogens with one attached hydrogen (secondary N) is 2. The van der Waals surface area contributed by atoms with E-state index in [0.29, 0.717) is 12.6 Å². The summed E-state index contributed by atoms with van der Waals surface area (Å²) < 4.78 is 5.47. The predicted octanol–water partition coefficient (Wildman–Crippen LogP) is 3.88. The average molecular weight is 471 g/mol. The molecule has 1 aromatic heterocycles. The lowest BCUT2D eigenvalue weighted by Gasteiger charge is -2.32. The summed E-state index contributed by atoms with van der Waals surface area (Å²) >= 11 is 5.87. The highest BCUT2D eigenvalue weighted by Gasteiger charge is 2.19. The quantitative estimate of drug-likeness (QED) is 0.599. The minimum absolute atomic E-state index is 0.0187. The number of aromatic nitrogens is 1. The Bertz CT molecular complexity index is 1010. The normalized spacial score (nSPS) is 17.9. The fourth-order valence-corrected chi connectivity index (χ4v) is 5.29. The Hall–Kier alpha value is -1.96. The van der Waals surface area contributed by atoms with Crippen molar-refractivity contribution in [2.24, 2.45) is 0 Å². The van der Waals surface area contributed by atoms with Gasteiger partial charge in [-0.2, -0.15) is 0 Å². The average Bonchev–Trinajstić information content (AvgIpc) is 2.83. The van der Waals surface area contributed by atoms with E-state index in [-0.39, 0.29) is 5.56 Å². The second-order valence-corrected chi connectivity index (χ2v) is 10.00. The maximum atomic E-state index is 13.0. The van der Waals surface area contributed by atoms with Gasteiger partial charge in [0.15, 0.2) is 5.11 Å². The summed E-state index contributed by atoms with van der Waals surface area (Å²) in [5, 5.41) is 5.47. The molecule has 180 valence electrons. The molecule has 0 atom stereocenters. The number of hydrogen-bond donors (Lipinski definition) is 2. The minimum atomic E-state index is -0.0187. The monoisotopic (exact) mass is 470 g/mol. The summed E-state index contributed by atoms with van der Waals surface area (Å²) in [4.78, 5) is 20.8. The van der Waals surface area contributed by atoms with E-state index < -0.39 is 0 Å². The van der Waals surface area contributed by atoms with Gasteiger partial charge in [-0.3, -0.25) is 9.69 Å². The third kappa shape index (κ3) is 6.34. The summed E-state index contributed by atoms with van der Waals surface area (Å²) in [6.07, 6.45) is 7.21. The van der Waals surface area contributed by atoms with E-state index in [0.717, 1.165) is 73.0 Å². The molecule has 4 rings (SSSR count). The molecule has 7 heteroatoms. The molecule has 2 fully saturated rings. The largest absolute Gasteiger partial charge is 0.379 e. The molecule has 0 bridgehead atoms. The second kappa shape index (κ2) is 11.4. The summed E-state index contributed by atoms with van der Waals surface area (Å²) in [7, 11) is 0. The van der Waals surface area contributed by atoms with Crippen LogP contribution in [0.1, 0.15) is 55.2 Å². The molecule has 2 aromatic rings. The van der Waals surface area contributed by atoms with Crippen LogP contribution in [0.25, 0.3) is 10.9 Å². The Morgan fingerprint density at radius 2 is 1.97 bits per heavy atom. The van der Waals surface area contributed by atoms with E-state index in [1.54, 1.807) is 0 Å². The second-order valence-electron chi connectivity index (χ2n) is 9.61. The van der Waals surface area contributed by atoms with Crippen LogP contribution in [0.5, 0.6) is 0 Å². The van der Waals surface area contributed by atoms with Crippen molar-refractivity contribution in [1.29, 1.82) is 0 Å². The number of benzene rings is 1. The first kappa shape index (κ1) is 24.2. The smallest absolute Gasteiger partial charge is 0.253 e. The van der Waals surface area contributed by atoms with Crippen LogP contribution in [0.2, 0.25) is 0 Å². The van der Waals surface area contributed by atoms with Crippen LogP contribution in [-0.4, -0.2) is 65.3 Å². The van der Waals surface area contributed by atoms with Crippen molar-refractivity contribution in [1.82, 2.24) is 20.1 Å². The van der Waals surface area contributed by atoms with Crippen LogP contribution in [0.15, 0.2) is 23.0 Å². The molecule has 0 amide bonds. The molecule has 1 aromatic carbocycles. The zero-order chi connectivity index (χ0) is 23.2. The molecular weight excluding hydrogens is 432 g/mol. The number of hydrogen-bond acceptors (Lipinski definition) is 4. The molecule has 0 spiro atoms. The summed E-state index contributed by atoms with van der Waals surface area (Å²) in [5.74, 6) is 0. The number of fused-ring (bicyclic) bond motifs is 1. The molecule has 2 aliphatic rings. The number of aryl methyl sites for hydroxylation is 2. The number of nitrogens with zero attached hydrogens (tertiary/aromatic N) is 2. The van der Waals surface area contributed by atoms with Crippen LogP contribution < -0.4 is 10.9 Å². The molecule has 1 saturated heterocycles. The summed E-state index contributed by atoms with van der Waals surface area (Å²) in [5.41, 5.74) is 4.01. The maximum Gasteiger partial charge on any atom is 0.253 e. The topological polar surface area (TPSA) is 60.6 Å². The maximum absolute atomic E-state index is 13.0. The third-order valence-electron chi connectivity index (χ3n) is 7.22. The number of aromatic amines is 1. The Balaban J connectivity index is 1.48. The molecule has 0 radical (unpaired) electrons. The number of ether oxygens (including phenoxy) is 1. The van der Waals surface area contributed by atoms with Gasteiger partial charge in [-0.05, 0) is 67.9 Å². The van der Waals surface area contributed by atoms with Gasteiger partial charge in [-0.1, -0.05) is 31.4 Å². The van der Waals surface area contributed by atoms with Gasteiger partial charge in [-0.15, -0.1) is 0 Å². The highest BCUT2D eigenvalue weighted by atomic mass is 32.1. The molecule has 0 unspecified atom stereocenters. The minimum Gasteiger partial charge on any atom is -0.379 e. The van der Waals surface area contributed by atoms with Crippen molar-refractivity contribution in [2.75, 3.05) is 39.4 Å². The fraction of sp³-hybridized carbons (Fsp3) is 0.615. The van der Waals surface area contributed by atoms with Crippen molar-refractivity contribution in [3.8, 4) is 0 Å². The lowest BCUT2D eigenvalue weighted by atomic mass is 9.96. The van der Waals surface area contributed by atoms with E-state index in [9.17, 15) is 4.79 Å². The Labute approximate surface area is 202 Å².